The van der Waals surface area contributed by atoms with Gasteiger partial charge in [-0.25, -0.2) is 0 Å². The third-order valence-corrected chi connectivity index (χ3v) is 4.64. The molecule has 0 amide bonds. The van der Waals surface area contributed by atoms with Crippen LogP contribution >= 0.6 is 0 Å². The average Bonchev–Trinajstić information content (AvgIpc) is 2.67. The van der Waals surface area contributed by atoms with E-state index in [0.29, 0.717) is 13.0 Å². The number of aliphatic hydroxyl groups excluding tert-OH is 2. The molecule has 2 N–H and O–H groups in total. The zero-order valence-corrected chi connectivity index (χ0v) is 17.6. The number of hydrogen-bond donors (Lipinski definition) is 2. The summed E-state index contributed by atoms with van der Waals surface area (Å²) in [5.74, 6) is -0.563. The van der Waals surface area contributed by atoms with Crippen molar-refractivity contribution in [2.24, 2.45) is 5.92 Å². The Bertz CT molecular complexity index is 390. The minimum Gasteiger partial charge on any atom is -0.466 e. The van der Waals surface area contributed by atoms with Crippen molar-refractivity contribution in [2.45, 2.75) is 97.0 Å². The molecule has 4 nitrogen and oxygen atoms in total. The summed E-state index contributed by atoms with van der Waals surface area (Å²) in [7, 11) is 0. The molecule has 0 radical (unpaired) electrons. The minimum absolute atomic E-state index is 0.254. The molecule has 0 aliphatic carbocycles. The first kappa shape index (κ1) is 25.9. The van der Waals surface area contributed by atoms with Gasteiger partial charge in [0.15, 0.2) is 0 Å². The molecule has 0 aliphatic rings. The van der Waals surface area contributed by atoms with Crippen LogP contribution in [0.25, 0.3) is 0 Å². The van der Waals surface area contributed by atoms with Gasteiger partial charge in [-0.15, -0.1) is 0 Å². The smallest absolute Gasteiger partial charge is 0.309 e. The van der Waals surface area contributed by atoms with Gasteiger partial charge in [-0.3, -0.25) is 4.79 Å². The van der Waals surface area contributed by atoms with Gasteiger partial charge in [0.05, 0.1) is 25.2 Å². The third-order valence-electron chi connectivity index (χ3n) is 4.64. The van der Waals surface area contributed by atoms with Crippen LogP contribution in [0.5, 0.6) is 0 Å². The van der Waals surface area contributed by atoms with Crippen LogP contribution in [0.2, 0.25) is 0 Å². The second kappa shape index (κ2) is 19.6. The SMILES string of the molecule is CCCCC/C=C\C/C=C\CCCCCCC(CC(O)CO)C(=O)OCC. The summed E-state index contributed by atoms with van der Waals surface area (Å²) in [6, 6.07) is 0. The van der Waals surface area contributed by atoms with E-state index in [1.807, 2.05) is 0 Å². The van der Waals surface area contributed by atoms with Gasteiger partial charge in [0.25, 0.3) is 0 Å². The molecule has 0 heterocycles. The fourth-order valence-electron chi connectivity index (χ4n) is 3.02. The standard InChI is InChI=1S/C23H42O4/c1-3-5-6-7-8-9-10-11-12-13-14-15-16-17-18-21(19-22(25)20-24)23(26)27-4-2/h8-9,11-12,21-22,24-25H,3-7,10,13-20H2,1-2H3/b9-8-,12-11-. The lowest BCUT2D eigenvalue weighted by Gasteiger charge is -2.17. The van der Waals surface area contributed by atoms with E-state index in [4.69, 9.17) is 9.84 Å². The van der Waals surface area contributed by atoms with E-state index in [2.05, 4.69) is 31.2 Å². The van der Waals surface area contributed by atoms with E-state index < -0.39 is 6.10 Å². The molecule has 0 aliphatic heterocycles. The molecule has 2 unspecified atom stereocenters. The Morgan fingerprint density at radius 2 is 1.56 bits per heavy atom. The lowest BCUT2D eigenvalue weighted by Crippen LogP contribution is -2.25. The first-order chi connectivity index (χ1) is 13.2. The first-order valence-electron chi connectivity index (χ1n) is 10.9. The van der Waals surface area contributed by atoms with Crippen LogP contribution in [0.4, 0.5) is 0 Å². The van der Waals surface area contributed by atoms with Crippen LogP contribution in [0.3, 0.4) is 0 Å². The van der Waals surface area contributed by atoms with Crippen LogP contribution < -0.4 is 0 Å². The summed E-state index contributed by atoms with van der Waals surface area (Å²) in [6.07, 6.45) is 20.8. The van der Waals surface area contributed by atoms with E-state index >= 15 is 0 Å². The number of esters is 1. The number of hydrogen-bond acceptors (Lipinski definition) is 4. The Morgan fingerprint density at radius 1 is 0.926 bits per heavy atom. The highest BCUT2D eigenvalue weighted by atomic mass is 16.5. The normalized spacial score (nSPS) is 14.1. The zero-order valence-electron chi connectivity index (χ0n) is 17.6. The molecular formula is C23H42O4. The minimum atomic E-state index is -0.842. The molecule has 0 spiro atoms. The van der Waals surface area contributed by atoms with Crippen molar-refractivity contribution in [3.8, 4) is 0 Å². The predicted molar refractivity (Wildman–Crippen MR) is 113 cm³/mol. The molecule has 4 heteroatoms. The second-order valence-electron chi connectivity index (χ2n) is 7.19. The van der Waals surface area contributed by atoms with Crippen molar-refractivity contribution in [1.82, 2.24) is 0 Å². The summed E-state index contributed by atoms with van der Waals surface area (Å²) in [5, 5.41) is 18.6. The Kier molecular flexibility index (Phi) is 18.8. The van der Waals surface area contributed by atoms with E-state index in [9.17, 15) is 9.90 Å². The predicted octanol–water partition coefficient (Wildman–Crippen LogP) is 5.33. The van der Waals surface area contributed by atoms with Crippen molar-refractivity contribution >= 4 is 5.97 Å². The molecule has 0 saturated carbocycles. The van der Waals surface area contributed by atoms with E-state index in [1.54, 1.807) is 6.92 Å². The average molecular weight is 383 g/mol. The van der Waals surface area contributed by atoms with Crippen molar-refractivity contribution in [2.75, 3.05) is 13.2 Å². The maximum absolute atomic E-state index is 11.9. The molecule has 2 atom stereocenters. The second-order valence-corrected chi connectivity index (χ2v) is 7.19. The summed E-state index contributed by atoms with van der Waals surface area (Å²) in [4.78, 5) is 11.9. The monoisotopic (exact) mass is 382 g/mol. The van der Waals surface area contributed by atoms with Crippen LogP contribution in [-0.4, -0.2) is 35.5 Å². The van der Waals surface area contributed by atoms with Gasteiger partial charge in [0.1, 0.15) is 0 Å². The Labute approximate surface area is 166 Å². The van der Waals surface area contributed by atoms with Gasteiger partial charge < -0.3 is 14.9 Å². The molecule has 0 rings (SSSR count). The van der Waals surface area contributed by atoms with Crippen LogP contribution in [0, 0.1) is 5.92 Å². The van der Waals surface area contributed by atoms with Gasteiger partial charge in [-0.1, -0.05) is 63.3 Å². The largest absolute Gasteiger partial charge is 0.466 e. The molecule has 0 aromatic rings. The van der Waals surface area contributed by atoms with E-state index in [0.717, 1.165) is 32.1 Å². The number of allylic oxidation sites excluding steroid dienone is 4. The number of carbonyl (C=O) groups excluding carboxylic acids is 1. The molecule has 0 fully saturated rings. The lowest BCUT2D eigenvalue weighted by molar-refractivity contribution is -0.149. The first-order valence-corrected chi connectivity index (χ1v) is 10.9. The van der Waals surface area contributed by atoms with Gasteiger partial charge in [0, 0.05) is 0 Å². The third kappa shape index (κ3) is 16.7. The maximum Gasteiger partial charge on any atom is 0.309 e. The van der Waals surface area contributed by atoms with Gasteiger partial charge in [-0.05, 0) is 51.9 Å². The Hall–Kier alpha value is -1.13. The van der Waals surface area contributed by atoms with Crippen molar-refractivity contribution in [3.05, 3.63) is 24.3 Å². The molecular weight excluding hydrogens is 340 g/mol. The molecule has 0 aromatic heterocycles. The van der Waals surface area contributed by atoms with Crippen LogP contribution in [0.15, 0.2) is 24.3 Å². The van der Waals surface area contributed by atoms with Crippen molar-refractivity contribution in [1.29, 1.82) is 0 Å². The highest BCUT2D eigenvalue weighted by Crippen LogP contribution is 2.18. The summed E-state index contributed by atoms with van der Waals surface area (Å²) >= 11 is 0. The van der Waals surface area contributed by atoms with Gasteiger partial charge >= 0.3 is 5.97 Å². The molecule has 0 bridgehead atoms. The zero-order chi connectivity index (χ0) is 20.2. The number of ether oxygens (including phenoxy) is 1. The molecule has 27 heavy (non-hydrogen) atoms. The van der Waals surface area contributed by atoms with Crippen molar-refractivity contribution in [3.63, 3.8) is 0 Å². The van der Waals surface area contributed by atoms with Gasteiger partial charge in [-0.2, -0.15) is 0 Å². The summed E-state index contributed by atoms with van der Waals surface area (Å²) in [6.45, 7) is 4.06. The van der Waals surface area contributed by atoms with E-state index in [-0.39, 0.29) is 24.9 Å². The topological polar surface area (TPSA) is 66.8 Å². The van der Waals surface area contributed by atoms with Crippen LogP contribution in [-0.2, 0) is 9.53 Å². The van der Waals surface area contributed by atoms with Gasteiger partial charge in [0.2, 0.25) is 0 Å². The van der Waals surface area contributed by atoms with Crippen LogP contribution in [0.1, 0.15) is 90.9 Å². The summed E-state index contributed by atoms with van der Waals surface area (Å²) in [5.41, 5.74) is 0. The maximum atomic E-state index is 11.9. The highest BCUT2D eigenvalue weighted by molar-refractivity contribution is 5.72. The fraction of sp³-hybridized carbons (Fsp3) is 0.783. The highest BCUT2D eigenvalue weighted by Gasteiger charge is 2.22. The quantitative estimate of drug-likeness (QED) is 0.191. The lowest BCUT2D eigenvalue weighted by atomic mass is 9.94. The Morgan fingerprint density at radius 3 is 2.15 bits per heavy atom. The molecule has 0 saturated heterocycles. The molecule has 158 valence electrons. The Balaban J connectivity index is 3.74. The number of aliphatic hydroxyl groups is 2. The van der Waals surface area contributed by atoms with Crippen molar-refractivity contribution < 1.29 is 19.7 Å². The number of carbonyl (C=O) groups is 1. The number of rotatable bonds is 18. The molecule has 0 aromatic carbocycles. The fourth-order valence-corrected chi connectivity index (χ4v) is 3.02. The van der Waals surface area contributed by atoms with E-state index in [1.165, 1.54) is 32.1 Å². The number of unbranched alkanes of at least 4 members (excludes halogenated alkanes) is 7. The summed E-state index contributed by atoms with van der Waals surface area (Å²) < 4.78 is 5.07.